The largest absolute Gasteiger partial charge is 0.460 e. The molecule has 0 saturated carbocycles. The second kappa shape index (κ2) is 32.2. The van der Waals surface area contributed by atoms with E-state index in [2.05, 4.69) is 63.2 Å². The predicted octanol–water partition coefficient (Wildman–Crippen LogP) is 2.08. The Hall–Kier alpha value is -6.51. The summed E-state index contributed by atoms with van der Waals surface area (Å²) in [5.74, 6) is -5.83. The highest BCUT2D eigenvalue weighted by Crippen LogP contribution is 2.31. The summed E-state index contributed by atoms with van der Waals surface area (Å²) in [5.41, 5.74) is 8.59. The maximum absolute atomic E-state index is 14.2. The van der Waals surface area contributed by atoms with Crippen molar-refractivity contribution in [1.82, 2.24) is 37.2 Å². The molecular formula is C47H75N9O12. The zero-order valence-corrected chi connectivity index (χ0v) is 40.8. The van der Waals surface area contributed by atoms with Gasteiger partial charge in [0.25, 0.3) is 5.91 Å². The number of urea groups is 2. The van der Waals surface area contributed by atoms with Gasteiger partial charge < -0.3 is 62.9 Å². The smallest absolute Gasteiger partial charge is 0.325 e. The molecule has 1 aliphatic heterocycles. The maximum Gasteiger partial charge on any atom is 0.325 e. The molecule has 0 fully saturated rings. The summed E-state index contributed by atoms with van der Waals surface area (Å²) in [4.78, 5) is 117. The van der Waals surface area contributed by atoms with Gasteiger partial charge in [-0.3, -0.25) is 33.6 Å². The van der Waals surface area contributed by atoms with Crippen LogP contribution in [0.4, 0.5) is 9.59 Å². The van der Waals surface area contributed by atoms with E-state index in [-0.39, 0.29) is 43.8 Å². The Morgan fingerprint density at radius 3 is 2.21 bits per heavy atom. The number of amides is 9. The summed E-state index contributed by atoms with van der Waals surface area (Å²) in [6.07, 6.45) is 16.2. The van der Waals surface area contributed by atoms with Gasteiger partial charge in [0.15, 0.2) is 0 Å². The average molecular weight is 958 g/mol. The van der Waals surface area contributed by atoms with Gasteiger partial charge in [0.05, 0.1) is 18.1 Å². The van der Waals surface area contributed by atoms with Crippen molar-refractivity contribution >= 4 is 53.5 Å². The number of hydrogen-bond acceptors (Lipinski definition) is 12. The van der Waals surface area contributed by atoms with Gasteiger partial charge >= 0.3 is 24.0 Å². The van der Waals surface area contributed by atoms with Gasteiger partial charge in [-0.2, -0.15) is 0 Å². The monoisotopic (exact) mass is 958 g/mol. The molecule has 0 bridgehead atoms. The number of primary amides is 2. The topological polar surface area (TPSA) is 318 Å². The Bertz CT molecular complexity index is 1860. The first kappa shape index (κ1) is 59.5. The molecule has 0 saturated heterocycles. The van der Waals surface area contributed by atoms with Crippen molar-refractivity contribution in [3.05, 3.63) is 60.4 Å². The van der Waals surface area contributed by atoms with Crippen LogP contribution in [0.2, 0.25) is 0 Å². The van der Waals surface area contributed by atoms with Gasteiger partial charge in [0.1, 0.15) is 36.5 Å². The lowest BCUT2D eigenvalue weighted by Gasteiger charge is -2.35. The molecule has 21 heteroatoms. The fraction of sp³-hybridized carbons (Fsp3) is 0.596. The Labute approximate surface area is 399 Å². The van der Waals surface area contributed by atoms with Crippen LogP contribution in [0.25, 0.3) is 0 Å². The summed E-state index contributed by atoms with van der Waals surface area (Å²) in [7, 11) is 1.45. The molecule has 0 aliphatic carbocycles. The summed E-state index contributed by atoms with van der Waals surface area (Å²) < 4.78 is 17.6. The molecule has 0 aromatic carbocycles. The molecule has 1 aliphatic rings. The molecule has 0 aromatic heterocycles. The number of nitrogens with two attached hydrogens (primary N) is 2. The van der Waals surface area contributed by atoms with Gasteiger partial charge in [-0.15, -0.1) is 0 Å². The van der Waals surface area contributed by atoms with Gasteiger partial charge in [-0.05, 0) is 76.7 Å². The van der Waals surface area contributed by atoms with E-state index in [1.807, 2.05) is 19.1 Å². The highest BCUT2D eigenvalue weighted by Gasteiger charge is 2.43. The number of cyclic esters (lactones) is 2. The Kier molecular flexibility index (Phi) is 28.2. The van der Waals surface area contributed by atoms with Crippen molar-refractivity contribution in [1.29, 1.82) is 0 Å². The first-order valence-corrected chi connectivity index (χ1v) is 23.0. The third-order valence-electron chi connectivity index (χ3n) is 10.6. The van der Waals surface area contributed by atoms with Crippen LogP contribution in [0.15, 0.2) is 60.4 Å². The maximum atomic E-state index is 14.2. The van der Waals surface area contributed by atoms with Crippen LogP contribution >= 0.6 is 0 Å². The molecule has 6 atom stereocenters. The summed E-state index contributed by atoms with van der Waals surface area (Å²) >= 11 is 0. The van der Waals surface area contributed by atoms with E-state index in [1.54, 1.807) is 26.0 Å². The number of carbonyl (C=O) groups is 9. The lowest BCUT2D eigenvalue weighted by atomic mass is 9.83. The summed E-state index contributed by atoms with van der Waals surface area (Å²) in [6, 6.07) is -4.68. The number of carbonyl (C=O) groups excluding carboxylic acids is 9. The van der Waals surface area contributed by atoms with Gasteiger partial charge in [-0.25, -0.2) is 9.59 Å². The van der Waals surface area contributed by atoms with Crippen LogP contribution in [0, 0.1) is 17.3 Å². The van der Waals surface area contributed by atoms with Gasteiger partial charge in [0, 0.05) is 32.7 Å². The van der Waals surface area contributed by atoms with Crippen LogP contribution in [-0.4, -0.2) is 117 Å². The number of methoxy groups -OCH3 is 1. The number of ether oxygens (including phenoxy) is 3. The molecular weight excluding hydrogens is 883 g/mol. The van der Waals surface area contributed by atoms with Crippen molar-refractivity contribution in [3.63, 3.8) is 0 Å². The molecule has 68 heavy (non-hydrogen) atoms. The Morgan fingerprint density at radius 1 is 0.897 bits per heavy atom. The highest BCUT2D eigenvalue weighted by atomic mass is 16.6. The highest BCUT2D eigenvalue weighted by molar-refractivity contribution is 6.02. The second-order valence-electron chi connectivity index (χ2n) is 17.1. The third kappa shape index (κ3) is 24.3. The lowest BCUT2D eigenvalue weighted by molar-refractivity contribution is -0.176. The standard InChI is InChI=1S/C47H75N9O12/c1-9-19-33-43(62)56-34(22-18-25-50-45(48)64)41(60)51-28-39(58)55-35(27-53-46(49)65)42(61)52-29-40(59)68-37(26-32(66-8)21-17-15-13-11-12-14-16-20-30(3)4)47(6,7)44(63)67-36(31(5)10-2)23-24-38(57)54-33/h12-15,17,19,21,23-24,30-32,34-37H,9-11,16,18,20,22,25-29H2,1-8H3,(H,51,60)(H,52,61)(H,54,57)(H,55,58)(H,56,62)(H3,48,50,64)(H3,49,53,65)/b14-12-,15-13+,21-17+,24-23+,33-19-/t31-,32-,34?,35-,36+,37-/m0/s1. The van der Waals surface area contributed by atoms with E-state index >= 15 is 0 Å². The lowest BCUT2D eigenvalue weighted by Crippen LogP contribution is -2.56. The number of esters is 2. The SMILES string of the molecule is CC/C=C1\NC(=O)/C=C/[C@H]([C@@H](C)CC)OC(=O)C(C)(C)[C@H](C[C@H](/C=C/C=C/C/C=C\CCC(C)C)OC)OC(=O)CNC(=O)[C@H](CNC(N)=O)NC(=O)CNC(=O)C(CCCNC(N)=O)NC1=O. The number of nitrogens with one attached hydrogen (secondary N) is 7. The molecule has 0 aromatic rings. The zero-order chi connectivity index (χ0) is 51.2. The minimum atomic E-state index is -1.57. The van der Waals surface area contributed by atoms with Crippen LogP contribution in [0.5, 0.6) is 0 Å². The first-order valence-electron chi connectivity index (χ1n) is 23.0. The van der Waals surface area contributed by atoms with Gasteiger partial charge in [-0.1, -0.05) is 77.2 Å². The second-order valence-corrected chi connectivity index (χ2v) is 17.1. The van der Waals surface area contributed by atoms with Crippen LogP contribution in [-0.2, 0) is 47.8 Å². The van der Waals surface area contributed by atoms with Crippen LogP contribution in [0.3, 0.4) is 0 Å². The van der Waals surface area contributed by atoms with E-state index in [0.717, 1.165) is 18.9 Å². The van der Waals surface area contributed by atoms with Crippen molar-refractivity contribution < 1.29 is 57.4 Å². The zero-order valence-electron chi connectivity index (χ0n) is 40.8. The summed E-state index contributed by atoms with van der Waals surface area (Å²) in [6.45, 7) is 10.8. The Balaban J connectivity index is 3.71. The first-order chi connectivity index (χ1) is 32.1. The summed E-state index contributed by atoms with van der Waals surface area (Å²) in [5, 5.41) is 16.7. The average Bonchev–Trinajstić information content (AvgIpc) is 3.28. The minimum Gasteiger partial charge on any atom is -0.460 e. The molecule has 21 nitrogen and oxygen atoms in total. The van der Waals surface area contributed by atoms with E-state index in [1.165, 1.54) is 33.1 Å². The fourth-order valence-corrected chi connectivity index (χ4v) is 6.22. The Morgan fingerprint density at radius 2 is 1.57 bits per heavy atom. The van der Waals surface area contributed by atoms with Crippen molar-refractivity contribution in [2.45, 2.75) is 130 Å². The molecule has 380 valence electrons. The van der Waals surface area contributed by atoms with E-state index in [4.69, 9.17) is 25.7 Å². The molecule has 9 amide bonds. The minimum absolute atomic E-state index is 0.0335. The number of rotatable bonds is 19. The van der Waals surface area contributed by atoms with E-state index in [9.17, 15) is 43.2 Å². The molecule has 1 unspecified atom stereocenters. The normalized spacial score (nSPS) is 22.8. The van der Waals surface area contributed by atoms with Crippen molar-refractivity contribution in [2.24, 2.45) is 28.7 Å². The van der Waals surface area contributed by atoms with Crippen LogP contribution < -0.4 is 48.7 Å². The molecule has 1 heterocycles. The molecule has 0 spiro atoms. The van der Waals surface area contributed by atoms with E-state index < -0.39 is 109 Å². The number of hydrogen-bond donors (Lipinski definition) is 9. The molecule has 1 rings (SSSR count). The molecule has 11 N–H and O–H groups in total. The quantitative estimate of drug-likeness (QED) is 0.0296. The van der Waals surface area contributed by atoms with Crippen molar-refractivity contribution in [3.8, 4) is 0 Å². The molecule has 0 radical (unpaired) electrons. The number of allylic oxidation sites excluding steroid dienone is 6. The van der Waals surface area contributed by atoms with Crippen LogP contribution in [0.1, 0.15) is 99.8 Å². The predicted molar refractivity (Wildman–Crippen MR) is 254 cm³/mol. The third-order valence-corrected chi connectivity index (χ3v) is 10.6. The van der Waals surface area contributed by atoms with Crippen molar-refractivity contribution in [2.75, 3.05) is 33.3 Å². The fourth-order valence-electron chi connectivity index (χ4n) is 6.22. The van der Waals surface area contributed by atoms with Gasteiger partial charge in [0.2, 0.25) is 23.6 Å². The van der Waals surface area contributed by atoms with E-state index in [0.29, 0.717) is 18.8 Å².